The van der Waals surface area contributed by atoms with Crippen LogP contribution in [0.25, 0.3) is 16.2 Å². The monoisotopic (exact) mass is 443 g/mol. The molecule has 0 saturated carbocycles. The van der Waals surface area contributed by atoms with Crippen LogP contribution in [-0.4, -0.2) is 17.9 Å². The zero-order valence-electron chi connectivity index (χ0n) is 16.2. The van der Waals surface area contributed by atoms with Crippen LogP contribution in [0.4, 0.5) is 37.7 Å². The fraction of sp³-hybridized carbons (Fsp3) is 0.300. The van der Waals surface area contributed by atoms with Crippen molar-refractivity contribution in [2.24, 2.45) is 0 Å². The average molecular weight is 443 g/mol. The number of aryl methyl sites for hydroxylation is 2. The van der Waals surface area contributed by atoms with Gasteiger partial charge in [-0.2, -0.15) is 26.3 Å². The Labute approximate surface area is 172 Å². The second-order valence-corrected chi connectivity index (χ2v) is 6.75. The smallest absolute Gasteiger partial charge is 0.407 e. The Balaban J connectivity index is 1.98. The summed E-state index contributed by atoms with van der Waals surface area (Å²) in [7, 11) is 0. The Hall–Kier alpha value is -3.42. The summed E-state index contributed by atoms with van der Waals surface area (Å²) in [4.78, 5) is 3.51. The van der Waals surface area contributed by atoms with Crippen LogP contribution in [0, 0.1) is 20.4 Å². The molecule has 0 spiro atoms. The summed E-state index contributed by atoms with van der Waals surface area (Å²) >= 11 is 0. The van der Waals surface area contributed by atoms with Gasteiger partial charge < -0.3 is 13.8 Å². The van der Waals surface area contributed by atoms with Gasteiger partial charge >= 0.3 is 12.4 Å². The average Bonchev–Trinajstić information content (AvgIpc) is 3.24. The summed E-state index contributed by atoms with van der Waals surface area (Å²) in [5.41, 5.74) is -1.26. The van der Waals surface area contributed by atoms with Gasteiger partial charge in [-0.05, 0) is 38.1 Å². The van der Waals surface area contributed by atoms with Crippen molar-refractivity contribution in [1.29, 1.82) is 0 Å². The molecule has 3 rings (SSSR count). The highest BCUT2D eigenvalue weighted by atomic mass is 19.4. The zero-order valence-corrected chi connectivity index (χ0v) is 16.2. The molecular weight excluding hydrogens is 428 g/mol. The largest absolute Gasteiger partial charge is 0.459 e. The van der Waals surface area contributed by atoms with Gasteiger partial charge in [0.2, 0.25) is 0 Å². The number of rotatable bonds is 5. The first kappa shape index (κ1) is 22.3. The predicted molar refractivity (Wildman–Crippen MR) is 98.5 cm³/mol. The quantitative estimate of drug-likeness (QED) is 0.326. The third-order valence-corrected chi connectivity index (χ3v) is 4.43. The minimum Gasteiger partial charge on any atom is -0.459 e. The molecule has 3 aromatic rings. The van der Waals surface area contributed by atoms with Gasteiger partial charge in [0.25, 0.3) is 0 Å². The second-order valence-electron chi connectivity index (χ2n) is 6.75. The van der Waals surface area contributed by atoms with Crippen molar-refractivity contribution in [2.45, 2.75) is 32.7 Å². The van der Waals surface area contributed by atoms with Crippen molar-refractivity contribution in [1.82, 2.24) is 5.16 Å². The van der Waals surface area contributed by atoms with E-state index in [-0.39, 0.29) is 11.4 Å². The summed E-state index contributed by atoms with van der Waals surface area (Å²) in [6.07, 6.45) is -9.57. The molecule has 164 valence electrons. The molecule has 0 radical (unpaired) electrons. The van der Waals surface area contributed by atoms with Gasteiger partial charge in [0.1, 0.15) is 23.8 Å². The summed E-state index contributed by atoms with van der Waals surface area (Å²) in [5.74, 6) is 0.870. The maximum Gasteiger partial charge on any atom is 0.407 e. The second kappa shape index (κ2) is 8.02. The lowest BCUT2D eigenvalue weighted by atomic mass is 10.1. The molecule has 0 bridgehead atoms. The number of furan rings is 1. The van der Waals surface area contributed by atoms with Crippen molar-refractivity contribution in [3.63, 3.8) is 0 Å². The number of aromatic nitrogens is 1. The van der Waals surface area contributed by atoms with Gasteiger partial charge in [-0.15, -0.1) is 0 Å². The SMILES string of the molecule is [C-]#[N+]c1ccc(N(Cc2ccc(-c3c(C)noc3C)o2)CC(F)(F)F)cc1C(F)(F)F. The Morgan fingerprint density at radius 2 is 1.77 bits per heavy atom. The van der Waals surface area contributed by atoms with Crippen LogP contribution in [0.2, 0.25) is 0 Å². The van der Waals surface area contributed by atoms with Crippen LogP contribution >= 0.6 is 0 Å². The van der Waals surface area contributed by atoms with E-state index in [1.807, 2.05) is 0 Å². The molecule has 0 unspecified atom stereocenters. The lowest BCUT2D eigenvalue weighted by Gasteiger charge is -2.26. The van der Waals surface area contributed by atoms with Crippen molar-refractivity contribution in [3.05, 3.63) is 64.5 Å². The van der Waals surface area contributed by atoms with Crippen LogP contribution in [-0.2, 0) is 12.7 Å². The molecule has 31 heavy (non-hydrogen) atoms. The van der Waals surface area contributed by atoms with E-state index in [1.165, 1.54) is 12.1 Å². The summed E-state index contributed by atoms with van der Waals surface area (Å²) in [5, 5.41) is 3.78. The topological polar surface area (TPSA) is 46.8 Å². The molecule has 5 nitrogen and oxygen atoms in total. The summed E-state index contributed by atoms with van der Waals surface area (Å²) < 4.78 is 89.9. The standard InChI is InChI=1S/C20H15F6N3O2/c1-11-18(12(2)31-28-11)17-7-5-14(30-17)9-29(10-19(21,22)23)13-4-6-16(27-3)15(8-13)20(24,25)26/h4-8H,9-10H2,1-2H3. The van der Waals surface area contributed by atoms with E-state index in [9.17, 15) is 26.3 Å². The van der Waals surface area contributed by atoms with Crippen molar-refractivity contribution >= 4 is 11.4 Å². The van der Waals surface area contributed by atoms with Gasteiger partial charge in [-0.25, -0.2) is 4.85 Å². The predicted octanol–water partition coefficient (Wildman–Crippen LogP) is 6.69. The van der Waals surface area contributed by atoms with Crippen LogP contribution in [0.1, 0.15) is 22.8 Å². The number of alkyl halides is 6. The number of benzene rings is 1. The highest BCUT2D eigenvalue weighted by molar-refractivity contribution is 5.64. The molecule has 0 aliphatic carbocycles. The summed E-state index contributed by atoms with van der Waals surface area (Å²) in [6, 6.07) is 5.40. The third kappa shape index (κ3) is 5.02. The van der Waals surface area contributed by atoms with Gasteiger partial charge in [-0.3, -0.25) is 0 Å². The lowest BCUT2D eigenvalue weighted by molar-refractivity contribution is -0.136. The van der Waals surface area contributed by atoms with Gasteiger partial charge in [0.05, 0.1) is 29.9 Å². The molecule has 0 aliphatic heterocycles. The zero-order chi connectivity index (χ0) is 23.0. The molecule has 0 aliphatic rings. The van der Waals surface area contributed by atoms with E-state index in [2.05, 4.69) is 10.0 Å². The number of hydrogen-bond acceptors (Lipinski definition) is 4. The molecule has 0 N–H and O–H groups in total. The maximum atomic E-state index is 13.3. The van der Waals surface area contributed by atoms with Crippen molar-refractivity contribution in [3.8, 4) is 11.3 Å². The number of nitrogens with zero attached hydrogens (tertiary/aromatic N) is 3. The minimum absolute atomic E-state index is 0.0991. The molecule has 11 heteroatoms. The molecule has 0 atom stereocenters. The van der Waals surface area contributed by atoms with E-state index in [0.717, 1.165) is 12.1 Å². The first-order chi connectivity index (χ1) is 14.4. The molecule has 1 aromatic carbocycles. The van der Waals surface area contributed by atoms with Crippen molar-refractivity contribution < 1.29 is 35.3 Å². The van der Waals surface area contributed by atoms with E-state index < -0.39 is 36.7 Å². The Kier molecular flexibility index (Phi) is 5.76. The number of hydrogen-bond donors (Lipinski definition) is 0. The fourth-order valence-corrected chi connectivity index (χ4v) is 3.12. The first-order valence-electron chi connectivity index (χ1n) is 8.81. The molecule has 0 amide bonds. The van der Waals surface area contributed by atoms with E-state index in [1.54, 1.807) is 13.8 Å². The lowest BCUT2D eigenvalue weighted by Crippen LogP contribution is -2.33. The molecule has 2 aromatic heterocycles. The number of anilines is 1. The van der Waals surface area contributed by atoms with E-state index in [4.69, 9.17) is 15.5 Å². The first-order valence-corrected chi connectivity index (χ1v) is 8.81. The Morgan fingerprint density at radius 1 is 1.06 bits per heavy atom. The Morgan fingerprint density at radius 3 is 2.32 bits per heavy atom. The van der Waals surface area contributed by atoms with E-state index >= 15 is 0 Å². The molecule has 0 fully saturated rings. The molecule has 0 saturated heterocycles. The van der Waals surface area contributed by atoms with Crippen molar-refractivity contribution in [2.75, 3.05) is 11.4 Å². The van der Waals surface area contributed by atoms with Gasteiger partial charge in [0, 0.05) is 5.69 Å². The highest BCUT2D eigenvalue weighted by Crippen LogP contribution is 2.39. The van der Waals surface area contributed by atoms with Crippen LogP contribution in [0.15, 0.2) is 39.3 Å². The van der Waals surface area contributed by atoms with Crippen LogP contribution < -0.4 is 4.90 Å². The third-order valence-electron chi connectivity index (χ3n) is 4.43. The van der Waals surface area contributed by atoms with Crippen LogP contribution in [0.3, 0.4) is 0 Å². The maximum absolute atomic E-state index is 13.3. The summed E-state index contributed by atoms with van der Waals surface area (Å²) in [6.45, 7) is 8.23. The highest BCUT2D eigenvalue weighted by Gasteiger charge is 2.36. The van der Waals surface area contributed by atoms with Crippen LogP contribution in [0.5, 0.6) is 0 Å². The Bertz CT molecular complexity index is 1100. The molecular formula is C20H15F6N3O2. The molecule has 2 heterocycles. The number of halogens is 6. The van der Waals surface area contributed by atoms with Gasteiger partial charge in [-0.1, -0.05) is 11.2 Å². The fourth-order valence-electron chi connectivity index (χ4n) is 3.12. The minimum atomic E-state index is -4.89. The normalized spacial score (nSPS) is 12.1. The van der Waals surface area contributed by atoms with Gasteiger partial charge in [0.15, 0.2) is 5.69 Å². The van der Waals surface area contributed by atoms with E-state index in [0.29, 0.717) is 33.7 Å².